The van der Waals surface area contributed by atoms with Crippen molar-refractivity contribution in [3.8, 4) is 0 Å². The van der Waals surface area contributed by atoms with Crippen molar-refractivity contribution >= 4 is 28.7 Å². The molecular weight excluding hydrogens is 340 g/mol. The number of amides is 1. The van der Waals surface area contributed by atoms with E-state index in [4.69, 9.17) is 13.7 Å². The molecule has 2 heterocycles. The van der Waals surface area contributed by atoms with E-state index in [2.05, 4.69) is 10.5 Å². The Balaban J connectivity index is 1.74. The summed E-state index contributed by atoms with van der Waals surface area (Å²) in [6, 6.07) is 7.61. The number of hydrogen-bond donors (Lipinski definition) is 1. The van der Waals surface area contributed by atoms with E-state index < -0.39 is 18.0 Å². The lowest BCUT2D eigenvalue weighted by atomic mass is 10.1. The molecule has 0 saturated heterocycles. The highest BCUT2D eigenvalue weighted by atomic mass is 16.6. The zero-order valence-corrected chi connectivity index (χ0v) is 14.4. The number of nitrogens with zero attached hydrogens (tertiary/aromatic N) is 1. The standard InChI is InChI=1S/C18H16N2O6/c1-9-4-5-14-12(6-9)13(21)8-15(25-14)18(23)24-11(3)17(22)19-16-7-10(2)26-20-16/h4-8,11H,1-3H3,(H,19,20,22)/t11-/m0/s1. The lowest BCUT2D eigenvalue weighted by Crippen LogP contribution is -2.30. The molecule has 0 aliphatic carbocycles. The SMILES string of the molecule is Cc1ccc2oc(C(=O)O[C@@H](C)C(=O)Nc3cc(C)on3)cc(=O)c2c1. The van der Waals surface area contributed by atoms with Gasteiger partial charge in [0.2, 0.25) is 5.76 Å². The summed E-state index contributed by atoms with van der Waals surface area (Å²) in [5.74, 6) is -1.04. The molecule has 0 bridgehead atoms. The fraction of sp³-hybridized carbons (Fsp3) is 0.222. The summed E-state index contributed by atoms with van der Waals surface area (Å²) in [5, 5.41) is 6.44. The molecule has 0 aliphatic rings. The number of anilines is 1. The van der Waals surface area contributed by atoms with Gasteiger partial charge in [-0.2, -0.15) is 0 Å². The lowest BCUT2D eigenvalue weighted by molar-refractivity contribution is -0.123. The molecule has 8 heteroatoms. The first kappa shape index (κ1) is 17.4. The highest BCUT2D eigenvalue weighted by Gasteiger charge is 2.22. The number of fused-ring (bicyclic) bond motifs is 1. The maximum atomic E-state index is 12.2. The van der Waals surface area contributed by atoms with Crippen LogP contribution >= 0.6 is 0 Å². The quantitative estimate of drug-likeness (QED) is 0.715. The molecule has 1 N–H and O–H groups in total. The van der Waals surface area contributed by atoms with Gasteiger partial charge in [-0.05, 0) is 32.9 Å². The summed E-state index contributed by atoms with van der Waals surface area (Å²) >= 11 is 0. The zero-order valence-electron chi connectivity index (χ0n) is 14.4. The van der Waals surface area contributed by atoms with Crippen LogP contribution in [0.25, 0.3) is 11.0 Å². The molecule has 0 aliphatic heterocycles. The Morgan fingerprint density at radius 3 is 2.65 bits per heavy atom. The summed E-state index contributed by atoms with van der Waals surface area (Å²) in [4.78, 5) is 36.4. The number of rotatable bonds is 4. The number of nitrogens with one attached hydrogen (secondary N) is 1. The molecule has 0 radical (unpaired) electrons. The summed E-state index contributed by atoms with van der Waals surface area (Å²) in [7, 11) is 0. The second kappa shape index (κ2) is 6.83. The molecule has 3 rings (SSSR count). The largest absolute Gasteiger partial charge is 0.449 e. The molecule has 1 amide bonds. The van der Waals surface area contributed by atoms with Gasteiger partial charge in [-0.1, -0.05) is 16.8 Å². The van der Waals surface area contributed by atoms with Crippen LogP contribution in [0.15, 0.2) is 44.1 Å². The minimum absolute atomic E-state index is 0.211. The lowest BCUT2D eigenvalue weighted by Gasteiger charge is -2.12. The van der Waals surface area contributed by atoms with Crippen LogP contribution in [0.3, 0.4) is 0 Å². The molecule has 0 spiro atoms. The van der Waals surface area contributed by atoms with Crippen molar-refractivity contribution in [1.82, 2.24) is 5.16 Å². The Hall–Kier alpha value is -3.42. The Kier molecular flexibility index (Phi) is 4.57. The van der Waals surface area contributed by atoms with E-state index in [1.807, 2.05) is 6.92 Å². The van der Waals surface area contributed by atoms with E-state index in [1.54, 1.807) is 25.1 Å². The third kappa shape index (κ3) is 3.64. The van der Waals surface area contributed by atoms with Crippen LogP contribution in [-0.4, -0.2) is 23.1 Å². The van der Waals surface area contributed by atoms with Gasteiger partial charge in [-0.15, -0.1) is 0 Å². The van der Waals surface area contributed by atoms with Gasteiger partial charge in [0.15, 0.2) is 17.4 Å². The number of carbonyl (C=O) groups excluding carboxylic acids is 2. The molecule has 3 aromatic rings. The average molecular weight is 356 g/mol. The van der Waals surface area contributed by atoms with Gasteiger partial charge >= 0.3 is 5.97 Å². The van der Waals surface area contributed by atoms with Crippen molar-refractivity contribution in [3.05, 3.63) is 57.6 Å². The third-order valence-electron chi connectivity index (χ3n) is 3.62. The van der Waals surface area contributed by atoms with Crippen LogP contribution in [0.2, 0.25) is 0 Å². The van der Waals surface area contributed by atoms with E-state index in [0.29, 0.717) is 11.1 Å². The van der Waals surface area contributed by atoms with Gasteiger partial charge in [0.05, 0.1) is 5.39 Å². The smallest absolute Gasteiger partial charge is 0.375 e. The van der Waals surface area contributed by atoms with Crippen LogP contribution in [-0.2, 0) is 9.53 Å². The number of ether oxygens (including phenoxy) is 1. The molecule has 0 fully saturated rings. The molecule has 1 aromatic carbocycles. The first-order valence-electron chi connectivity index (χ1n) is 7.83. The van der Waals surface area contributed by atoms with Gasteiger partial charge in [-0.3, -0.25) is 9.59 Å². The number of hydrogen-bond acceptors (Lipinski definition) is 7. The number of benzene rings is 1. The zero-order chi connectivity index (χ0) is 18.8. The Morgan fingerprint density at radius 2 is 1.96 bits per heavy atom. The minimum Gasteiger partial charge on any atom is -0.449 e. The third-order valence-corrected chi connectivity index (χ3v) is 3.62. The second-order valence-corrected chi connectivity index (χ2v) is 5.83. The Morgan fingerprint density at radius 1 is 1.19 bits per heavy atom. The first-order chi connectivity index (χ1) is 12.3. The number of carbonyl (C=O) groups is 2. The van der Waals surface area contributed by atoms with Crippen molar-refractivity contribution in [2.24, 2.45) is 0 Å². The van der Waals surface area contributed by atoms with Crippen LogP contribution in [0.4, 0.5) is 5.82 Å². The van der Waals surface area contributed by atoms with Crippen molar-refractivity contribution in [1.29, 1.82) is 0 Å². The second-order valence-electron chi connectivity index (χ2n) is 5.83. The first-order valence-corrected chi connectivity index (χ1v) is 7.83. The monoisotopic (exact) mass is 356 g/mol. The topological polar surface area (TPSA) is 112 Å². The van der Waals surface area contributed by atoms with E-state index >= 15 is 0 Å². The van der Waals surface area contributed by atoms with Crippen molar-refractivity contribution in [3.63, 3.8) is 0 Å². The maximum absolute atomic E-state index is 12.2. The van der Waals surface area contributed by atoms with Gasteiger partial charge in [0.1, 0.15) is 11.3 Å². The Labute approximate surface area is 147 Å². The molecule has 8 nitrogen and oxygen atoms in total. The predicted octanol–water partition coefficient (Wildman–Crippen LogP) is 2.58. The van der Waals surface area contributed by atoms with Crippen LogP contribution in [0.5, 0.6) is 0 Å². The number of esters is 1. The summed E-state index contributed by atoms with van der Waals surface area (Å²) in [5.41, 5.74) is 0.802. The van der Waals surface area contributed by atoms with Crippen LogP contribution in [0, 0.1) is 13.8 Å². The fourth-order valence-electron chi connectivity index (χ4n) is 2.30. The van der Waals surface area contributed by atoms with E-state index in [9.17, 15) is 14.4 Å². The molecule has 0 saturated carbocycles. The van der Waals surface area contributed by atoms with Gasteiger partial charge in [0.25, 0.3) is 5.91 Å². The average Bonchev–Trinajstić information content (AvgIpc) is 3.00. The summed E-state index contributed by atoms with van der Waals surface area (Å²) < 4.78 is 15.3. The summed E-state index contributed by atoms with van der Waals surface area (Å²) in [6.07, 6.45) is -1.13. The molecule has 1 atom stereocenters. The van der Waals surface area contributed by atoms with Crippen LogP contribution < -0.4 is 10.7 Å². The summed E-state index contributed by atoms with van der Waals surface area (Å²) in [6.45, 7) is 4.91. The van der Waals surface area contributed by atoms with Crippen molar-refractivity contribution < 1.29 is 23.3 Å². The van der Waals surface area contributed by atoms with Crippen molar-refractivity contribution in [2.75, 3.05) is 5.32 Å². The van der Waals surface area contributed by atoms with E-state index in [1.165, 1.54) is 13.0 Å². The fourth-order valence-corrected chi connectivity index (χ4v) is 2.30. The number of aromatic nitrogens is 1. The highest BCUT2D eigenvalue weighted by molar-refractivity contribution is 5.96. The molecule has 134 valence electrons. The van der Waals surface area contributed by atoms with Gasteiger partial charge < -0.3 is 19.0 Å². The van der Waals surface area contributed by atoms with Crippen molar-refractivity contribution in [2.45, 2.75) is 26.9 Å². The molecule has 2 aromatic heterocycles. The molecular formula is C18H16N2O6. The van der Waals surface area contributed by atoms with E-state index in [0.717, 1.165) is 11.6 Å². The van der Waals surface area contributed by atoms with E-state index in [-0.39, 0.29) is 22.6 Å². The van der Waals surface area contributed by atoms with Gasteiger partial charge in [-0.25, -0.2) is 4.79 Å². The molecule has 0 unspecified atom stereocenters. The Bertz CT molecular complexity index is 1050. The maximum Gasteiger partial charge on any atom is 0.375 e. The van der Waals surface area contributed by atoms with Gasteiger partial charge in [0, 0.05) is 12.1 Å². The van der Waals surface area contributed by atoms with Crippen LogP contribution in [0.1, 0.15) is 28.8 Å². The normalized spacial score (nSPS) is 12.0. The highest BCUT2D eigenvalue weighted by Crippen LogP contribution is 2.15. The predicted molar refractivity (Wildman–Crippen MR) is 92.0 cm³/mol. The molecule has 26 heavy (non-hydrogen) atoms. The minimum atomic E-state index is -1.13. The number of aryl methyl sites for hydroxylation is 2.